The Kier molecular flexibility index (Phi) is 4.52. The molecule has 62 valence electrons. The third kappa shape index (κ3) is 2.71. The fourth-order valence-corrected chi connectivity index (χ4v) is 1.61. The van der Waals surface area contributed by atoms with Crippen LogP contribution in [0.4, 0.5) is 0 Å². The summed E-state index contributed by atoms with van der Waals surface area (Å²) in [5, 5.41) is 6.61. The minimum Gasteiger partial charge on any atom is -1.00 e. The molecule has 1 rings (SSSR count). The molecule has 0 aliphatic carbocycles. The van der Waals surface area contributed by atoms with Gasteiger partial charge in [-0.3, -0.25) is 0 Å². The van der Waals surface area contributed by atoms with Crippen molar-refractivity contribution in [2.75, 3.05) is 0 Å². The number of aromatic nitrogens is 2. The molecular formula is C7H11BrN2S. The molecule has 1 aromatic heterocycles. The number of nitrogens with zero attached hydrogens (tertiary/aromatic N) is 2. The SMILES string of the molecule is C=CC[n+]1nc(C)sc1C.[Br-]. The smallest absolute Gasteiger partial charge is 0.262 e. The van der Waals surface area contributed by atoms with Crippen molar-refractivity contribution < 1.29 is 21.7 Å². The molecule has 11 heavy (non-hydrogen) atoms. The summed E-state index contributed by atoms with van der Waals surface area (Å²) >= 11 is 1.71. The van der Waals surface area contributed by atoms with Gasteiger partial charge in [-0.15, -0.1) is 0 Å². The van der Waals surface area contributed by atoms with E-state index in [1.807, 2.05) is 17.7 Å². The molecule has 0 spiro atoms. The quantitative estimate of drug-likeness (QED) is 0.438. The van der Waals surface area contributed by atoms with E-state index in [0.29, 0.717) is 0 Å². The second-order valence-corrected chi connectivity index (χ2v) is 3.50. The van der Waals surface area contributed by atoms with Gasteiger partial charge in [0, 0.05) is 12.0 Å². The third-order valence-corrected chi connectivity index (χ3v) is 2.11. The maximum atomic E-state index is 4.26. The van der Waals surface area contributed by atoms with E-state index in [-0.39, 0.29) is 17.0 Å². The van der Waals surface area contributed by atoms with E-state index >= 15 is 0 Å². The van der Waals surface area contributed by atoms with Crippen molar-refractivity contribution in [2.45, 2.75) is 20.4 Å². The average molecular weight is 235 g/mol. The highest BCUT2D eigenvalue weighted by molar-refractivity contribution is 7.10. The second kappa shape index (κ2) is 4.62. The van der Waals surface area contributed by atoms with E-state index in [2.05, 4.69) is 18.6 Å². The van der Waals surface area contributed by atoms with E-state index < -0.39 is 0 Å². The minimum atomic E-state index is 0. The lowest BCUT2D eigenvalue weighted by Crippen LogP contribution is -3.00. The van der Waals surface area contributed by atoms with Crippen LogP contribution in [0.2, 0.25) is 0 Å². The molecule has 0 bridgehead atoms. The van der Waals surface area contributed by atoms with Gasteiger partial charge in [-0.2, -0.15) is 0 Å². The van der Waals surface area contributed by atoms with Crippen LogP contribution in [0.1, 0.15) is 10.0 Å². The number of hydrogen-bond acceptors (Lipinski definition) is 2. The Morgan fingerprint density at radius 3 is 2.64 bits per heavy atom. The summed E-state index contributed by atoms with van der Waals surface area (Å²) in [6.07, 6.45) is 1.85. The average Bonchev–Trinajstić information content (AvgIpc) is 2.13. The van der Waals surface area contributed by atoms with Crippen LogP contribution < -0.4 is 21.7 Å². The van der Waals surface area contributed by atoms with Crippen molar-refractivity contribution in [1.29, 1.82) is 0 Å². The van der Waals surface area contributed by atoms with Crippen LogP contribution in [0, 0.1) is 13.8 Å². The maximum absolute atomic E-state index is 4.26. The van der Waals surface area contributed by atoms with Crippen LogP contribution >= 0.6 is 11.3 Å². The molecule has 0 aliphatic heterocycles. The second-order valence-electron chi connectivity index (χ2n) is 2.11. The molecule has 0 fully saturated rings. The predicted octanol–water partition coefficient (Wildman–Crippen LogP) is -1.76. The zero-order valence-corrected chi connectivity index (χ0v) is 9.07. The number of allylic oxidation sites excluding steroid dienone is 1. The summed E-state index contributed by atoms with van der Waals surface area (Å²) in [6.45, 7) is 8.54. The van der Waals surface area contributed by atoms with E-state index in [4.69, 9.17) is 0 Å². The molecule has 1 heterocycles. The third-order valence-electron chi connectivity index (χ3n) is 1.22. The first-order valence-electron chi connectivity index (χ1n) is 3.19. The van der Waals surface area contributed by atoms with Gasteiger partial charge in [0.2, 0.25) is 0 Å². The highest BCUT2D eigenvalue weighted by Gasteiger charge is 2.09. The van der Waals surface area contributed by atoms with Gasteiger partial charge in [-0.05, 0) is 13.0 Å². The van der Waals surface area contributed by atoms with Gasteiger partial charge in [-0.1, -0.05) is 22.6 Å². The normalized spacial score (nSPS) is 8.91. The fourth-order valence-electron chi connectivity index (χ4n) is 0.819. The molecule has 1 aromatic rings. The lowest BCUT2D eigenvalue weighted by Gasteiger charge is -1.80. The molecule has 2 nitrogen and oxygen atoms in total. The highest BCUT2D eigenvalue weighted by atomic mass is 79.9. The van der Waals surface area contributed by atoms with Crippen LogP contribution in [0.25, 0.3) is 0 Å². The van der Waals surface area contributed by atoms with Crippen LogP contribution in [0.15, 0.2) is 12.7 Å². The first-order chi connectivity index (χ1) is 4.74. The van der Waals surface area contributed by atoms with E-state index in [1.165, 1.54) is 5.01 Å². The number of aryl methyl sites for hydroxylation is 2. The Morgan fingerprint density at radius 1 is 1.64 bits per heavy atom. The van der Waals surface area contributed by atoms with E-state index in [9.17, 15) is 0 Å². The van der Waals surface area contributed by atoms with Crippen molar-refractivity contribution in [1.82, 2.24) is 5.10 Å². The molecule has 0 amide bonds. The molecule has 0 aromatic carbocycles. The number of rotatable bonds is 2. The maximum Gasteiger partial charge on any atom is 0.262 e. The van der Waals surface area contributed by atoms with Gasteiger partial charge in [0.05, 0.1) is 0 Å². The van der Waals surface area contributed by atoms with Crippen molar-refractivity contribution in [2.24, 2.45) is 0 Å². The molecule has 0 unspecified atom stereocenters. The monoisotopic (exact) mass is 234 g/mol. The lowest BCUT2D eigenvalue weighted by molar-refractivity contribution is -0.745. The molecule has 0 radical (unpaired) electrons. The molecule has 0 saturated heterocycles. The molecule has 0 atom stereocenters. The van der Waals surface area contributed by atoms with Crippen molar-refractivity contribution in [3.05, 3.63) is 22.7 Å². The molecule has 4 heteroatoms. The Morgan fingerprint density at radius 2 is 2.27 bits per heavy atom. The van der Waals surface area contributed by atoms with Gasteiger partial charge in [0.1, 0.15) is 0 Å². The van der Waals surface area contributed by atoms with Crippen LogP contribution in [-0.4, -0.2) is 5.10 Å². The van der Waals surface area contributed by atoms with Crippen molar-refractivity contribution >= 4 is 11.3 Å². The largest absolute Gasteiger partial charge is 1.00 e. The Balaban J connectivity index is 0.000001000. The van der Waals surface area contributed by atoms with Crippen LogP contribution in [0.3, 0.4) is 0 Å². The summed E-state index contributed by atoms with van der Waals surface area (Å²) in [7, 11) is 0. The molecular weight excluding hydrogens is 224 g/mol. The lowest BCUT2D eigenvalue weighted by atomic mass is 10.6. The first-order valence-corrected chi connectivity index (χ1v) is 4.00. The molecule has 0 aliphatic rings. The van der Waals surface area contributed by atoms with Gasteiger partial charge in [0.25, 0.3) is 5.01 Å². The first kappa shape index (κ1) is 10.8. The predicted molar refractivity (Wildman–Crippen MR) is 42.0 cm³/mol. The van der Waals surface area contributed by atoms with Crippen molar-refractivity contribution in [3.8, 4) is 0 Å². The van der Waals surface area contributed by atoms with E-state index in [0.717, 1.165) is 11.6 Å². The Bertz CT molecular complexity index is 245. The van der Waals surface area contributed by atoms with Crippen LogP contribution in [0.5, 0.6) is 0 Å². The topological polar surface area (TPSA) is 16.8 Å². The van der Waals surface area contributed by atoms with Crippen LogP contribution in [-0.2, 0) is 6.54 Å². The van der Waals surface area contributed by atoms with Crippen molar-refractivity contribution in [3.63, 3.8) is 0 Å². The zero-order chi connectivity index (χ0) is 7.56. The van der Waals surface area contributed by atoms with Gasteiger partial charge >= 0.3 is 0 Å². The summed E-state index contributed by atoms with van der Waals surface area (Å²) in [4.78, 5) is 0. The summed E-state index contributed by atoms with van der Waals surface area (Å²) < 4.78 is 1.95. The standard InChI is InChI=1S/C7H11N2S.BrH/c1-4-5-9-7(3)10-6(2)8-9;/h4H,1,5H2,2-3H3;1H/q+1;/p-1. The Hall–Kier alpha value is -0.220. The zero-order valence-electron chi connectivity index (χ0n) is 6.67. The fraction of sp³-hybridized carbons (Fsp3) is 0.429. The highest BCUT2D eigenvalue weighted by Crippen LogP contribution is 2.03. The molecule has 0 N–H and O–H groups in total. The number of halogens is 1. The van der Waals surface area contributed by atoms with E-state index in [1.54, 1.807) is 11.3 Å². The Labute approximate surface area is 81.3 Å². The number of hydrogen-bond donors (Lipinski definition) is 0. The van der Waals surface area contributed by atoms with Gasteiger partial charge < -0.3 is 17.0 Å². The molecule has 0 saturated carbocycles. The summed E-state index contributed by atoms with van der Waals surface area (Å²) in [6, 6.07) is 0. The summed E-state index contributed by atoms with van der Waals surface area (Å²) in [5.74, 6) is 0. The summed E-state index contributed by atoms with van der Waals surface area (Å²) in [5.41, 5.74) is 0. The minimum absolute atomic E-state index is 0. The van der Waals surface area contributed by atoms with Gasteiger partial charge in [-0.25, -0.2) is 0 Å². The van der Waals surface area contributed by atoms with Gasteiger partial charge in [0.15, 0.2) is 11.6 Å².